The standard InChI is InChI=1S/C66H36F11N/c1-3-35-13-21-39(22-14-35)65(53-55(68)59(72)63(76)60(73)56(53)69)49-11-7-5-9-45(49)47-31-29-43(33-51(47)65)78(42-27-19-38(20-28-42)37-17-25-41(67)26-18-37)44-30-32-48-46-10-6-8-12-50(46)66(52(48)34-44,40-23-15-36(4-2)16-24-40)54-57(70)61(74)64(77)62(75)58(54)71/h3-34H,1-2H2. The van der Waals surface area contributed by atoms with E-state index in [1.807, 2.05) is 0 Å². The normalized spacial score (nSPS) is 15.8. The monoisotopic (exact) mass is 1050 g/mol. The number of rotatable bonds is 10. The Morgan fingerprint density at radius 2 is 0.628 bits per heavy atom. The third kappa shape index (κ3) is 7.01. The van der Waals surface area contributed by atoms with Gasteiger partial charge in [-0.3, -0.25) is 0 Å². The Hall–Kier alpha value is -9.29. The van der Waals surface area contributed by atoms with E-state index >= 15 is 43.9 Å². The molecule has 1 nitrogen and oxygen atoms in total. The smallest absolute Gasteiger partial charge is 0.200 e. The summed E-state index contributed by atoms with van der Waals surface area (Å²) in [7, 11) is 0. The summed E-state index contributed by atoms with van der Waals surface area (Å²) >= 11 is 0. The van der Waals surface area contributed by atoms with E-state index in [-0.39, 0.29) is 44.8 Å². The molecule has 0 radical (unpaired) electrons. The van der Waals surface area contributed by atoms with Gasteiger partial charge in [0.2, 0.25) is 11.6 Å². The van der Waals surface area contributed by atoms with Crippen LogP contribution in [-0.4, -0.2) is 0 Å². The molecule has 0 saturated carbocycles. The molecular formula is C66H36F11N. The van der Waals surface area contributed by atoms with Crippen molar-refractivity contribution in [2.75, 3.05) is 4.90 Å². The number of hydrogen-bond donors (Lipinski definition) is 0. The third-order valence-electron chi connectivity index (χ3n) is 15.2. The van der Waals surface area contributed by atoms with Crippen molar-refractivity contribution in [3.63, 3.8) is 0 Å². The van der Waals surface area contributed by atoms with Gasteiger partial charge in [-0.2, -0.15) is 0 Å². The summed E-state index contributed by atoms with van der Waals surface area (Å²) in [6.07, 6.45) is 3.04. The Bertz CT molecular complexity index is 3850. The molecule has 0 aliphatic heterocycles. The number of benzene rings is 10. The molecule has 0 fully saturated rings. The molecular weight excluding hydrogens is 1020 g/mol. The molecule has 2 atom stereocenters. The van der Waals surface area contributed by atoms with E-state index in [1.54, 1.807) is 150 Å². The number of halogens is 11. The fourth-order valence-corrected chi connectivity index (χ4v) is 11.8. The van der Waals surface area contributed by atoms with Gasteiger partial charge in [-0.25, -0.2) is 48.3 Å². The van der Waals surface area contributed by atoms with E-state index in [0.29, 0.717) is 50.2 Å². The lowest BCUT2D eigenvalue weighted by molar-refractivity contribution is 0.363. The maximum absolute atomic E-state index is 17.0. The molecule has 0 aromatic heterocycles. The molecule has 78 heavy (non-hydrogen) atoms. The molecule has 12 heteroatoms. The van der Waals surface area contributed by atoms with Crippen LogP contribution in [0.4, 0.5) is 65.4 Å². The number of hydrogen-bond acceptors (Lipinski definition) is 1. The Morgan fingerprint density at radius 1 is 0.308 bits per heavy atom. The van der Waals surface area contributed by atoms with Crippen molar-refractivity contribution in [1.82, 2.24) is 0 Å². The van der Waals surface area contributed by atoms with Gasteiger partial charge in [-0.05, 0) is 126 Å². The first kappa shape index (κ1) is 49.6. The predicted molar refractivity (Wildman–Crippen MR) is 281 cm³/mol. The summed E-state index contributed by atoms with van der Waals surface area (Å²) in [6, 6.07) is 47.9. The Labute approximate surface area is 439 Å². The Balaban J connectivity index is 1.18. The molecule has 0 spiro atoms. The Morgan fingerprint density at radius 3 is 1.00 bits per heavy atom. The number of nitrogens with zero attached hydrogens (tertiary/aromatic N) is 1. The largest absolute Gasteiger partial charge is 0.310 e. The average Bonchev–Trinajstić information content (AvgIpc) is 3.48. The van der Waals surface area contributed by atoms with Crippen LogP contribution in [-0.2, 0) is 10.8 Å². The number of fused-ring (bicyclic) bond motifs is 6. The third-order valence-corrected chi connectivity index (χ3v) is 15.2. The van der Waals surface area contributed by atoms with Crippen molar-refractivity contribution in [3.05, 3.63) is 315 Å². The summed E-state index contributed by atoms with van der Waals surface area (Å²) in [5, 5.41) is 0. The molecule has 0 bridgehead atoms. The summed E-state index contributed by atoms with van der Waals surface area (Å²) < 4.78 is 175. The van der Waals surface area contributed by atoms with Gasteiger partial charge in [0.25, 0.3) is 0 Å². The van der Waals surface area contributed by atoms with E-state index in [1.165, 1.54) is 48.6 Å². The van der Waals surface area contributed by atoms with Crippen LogP contribution in [0, 0.1) is 64.0 Å². The van der Waals surface area contributed by atoms with Crippen LogP contribution in [0.3, 0.4) is 0 Å². The van der Waals surface area contributed by atoms with Crippen molar-refractivity contribution < 1.29 is 48.3 Å². The van der Waals surface area contributed by atoms with Crippen LogP contribution in [0.15, 0.2) is 195 Å². The first-order valence-electron chi connectivity index (χ1n) is 24.3. The fourth-order valence-electron chi connectivity index (χ4n) is 11.8. The summed E-state index contributed by atoms with van der Waals surface area (Å²) in [4.78, 5) is 1.68. The molecule has 10 aromatic rings. The predicted octanol–water partition coefficient (Wildman–Crippen LogP) is 18.4. The minimum atomic E-state index is -2.35. The van der Waals surface area contributed by atoms with E-state index in [9.17, 15) is 4.39 Å². The topological polar surface area (TPSA) is 3.24 Å². The maximum atomic E-state index is 17.0. The average molecular weight is 1050 g/mol. The first-order chi connectivity index (χ1) is 37.7. The molecule has 0 amide bonds. The van der Waals surface area contributed by atoms with E-state index in [2.05, 4.69) is 13.2 Å². The summed E-state index contributed by atoms with van der Waals surface area (Å²) in [6.45, 7) is 7.63. The van der Waals surface area contributed by atoms with Crippen LogP contribution in [0.5, 0.6) is 0 Å². The highest BCUT2D eigenvalue weighted by atomic mass is 19.2. The fraction of sp³-hybridized carbons (Fsp3) is 0.0303. The quantitative estimate of drug-likeness (QED) is 0.0750. The van der Waals surface area contributed by atoms with Crippen molar-refractivity contribution in [3.8, 4) is 33.4 Å². The highest BCUT2D eigenvalue weighted by molar-refractivity contribution is 5.93. The zero-order valence-electron chi connectivity index (χ0n) is 40.5. The van der Waals surface area contributed by atoms with Gasteiger partial charge in [0, 0.05) is 28.2 Å². The minimum absolute atomic E-state index is 0.0929. The summed E-state index contributed by atoms with van der Waals surface area (Å²) in [5.74, 6) is -22.1. The second kappa shape index (κ2) is 18.5. The van der Waals surface area contributed by atoms with Gasteiger partial charge in [0.15, 0.2) is 46.5 Å². The van der Waals surface area contributed by atoms with Gasteiger partial charge in [-0.1, -0.05) is 159 Å². The van der Waals surface area contributed by atoms with E-state index in [4.69, 9.17) is 0 Å². The van der Waals surface area contributed by atoms with Gasteiger partial charge >= 0.3 is 0 Å². The van der Waals surface area contributed by atoms with Crippen LogP contribution >= 0.6 is 0 Å². The van der Waals surface area contributed by atoms with Gasteiger partial charge in [0.05, 0.1) is 10.8 Å². The highest BCUT2D eigenvalue weighted by Gasteiger charge is 2.53. The zero-order valence-corrected chi connectivity index (χ0v) is 40.5. The van der Waals surface area contributed by atoms with Crippen LogP contribution < -0.4 is 4.90 Å². The molecule has 0 N–H and O–H groups in total. The van der Waals surface area contributed by atoms with Crippen LogP contribution in [0.1, 0.15) is 55.6 Å². The van der Waals surface area contributed by atoms with Gasteiger partial charge in [-0.15, -0.1) is 0 Å². The van der Waals surface area contributed by atoms with Gasteiger partial charge < -0.3 is 4.90 Å². The van der Waals surface area contributed by atoms with Gasteiger partial charge in [0.1, 0.15) is 5.82 Å². The molecule has 0 heterocycles. The lowest BCUT2D eigenvalue weighted by Crippen LogP contribution is -2.33. The van der Waals surface area contributed by atoms with Crippen LogP contribution in [0.2, 0.25) is 0 Å². The molecule has 2 aliphatic rings. The minimum Gasteiger partial charge on any atom is -0.310 e. The summed E-state index contributed by atoms with van der Waals surface area (Å²) in [5.41, 5.74) is -1.13. The van der Waals surface area contributed by atoms with Crippen molar-refractivity contribution in [1.29, 1.82) is 0 Å². The second-order valence-electron chi connectivity index (χ2n) is 19.0. The van der Waals surface area contributed by atoms with Crippen molar-refractivity contribution in [2.24, 2.45) is 0 Å². The molecule has 2 unspecified atom stereocenters. The second-order valence-corrected chi connectivity index (χ2v) is 19.0. The SMILES string of the molecule is C=Cc1ccc(C2(c3c(F)c(F)c(F)c(F)c3F)c3ccccc3-c3ccc(N(c4ccc(-c5ccc(F)cc5)cc4)c4ccc5c(c4)C(c4ccc(C=C)cc4)(c4c(F)c(F)c(F)c(F)c4F)c4ccccc4-5)cc32)cc1. The number of anilines is 3. The molecule has 2 aliphatic carbocycles. The molecule has 0 saturated heterocycles. The maximum Gasteiger partial charge on any atom is 0.200 e. The molecule has 12 rings (SSSR count). The lowest BCUT2D eigenvalue weighted by Gasteiger charge is -2.36. The van der Waals surface area contributed by atoms with E-state index in [0.717, 1.165) is 0 Å². The Kier molecular flexibility index (Phi) is 11.7. The van der Waals surface area contributed by atoms with Crippen LogP contribution in [0.25, 0.3) is 45.5 Å². The highest BCUT2D eigenvalue weighted by Crippen LogP contribution is 2.61. The van der Waals surface area contributed by atoms with E-state index < -0.39 is 85.9 Å². The zero-order chi connectivity index (χ0) is 54.5. The molecule has 382 valence electrons. The van der Waals surface area contributed by atoms with Crippen molar-refractivity contribution >= 4 is 29.2 Å². The molecule has 10 aromatic carbocycles. The first-order valence-corrected chi connectivity index (χ1v) is 24.3. The van der Waals surface area contributed by atoms with Crippen molar-refractivity contribution in [2.45, 2.75) is 10.8 Å². The lowest BCUT2D eigenvalue weighted by atomic mass is 9.67.